The number of fused-ring (bicyclic) bond motifs is 1. The van der Waals surface area contributed by atoms with Crippen molar-refractivity contribution >= 4 is 29.4 Å². The van der Waals surface area contributed by atoms with Crippen LogP contribution in [0.25, 0.3) is 22.4 Å². The number of halogens is 2. The number of carbonyl (C=O) groups is 1. The summed E-state index contributed by atoms with van der Waals surface area (Å²) in [6, 6.07) is 7.99. The Labute approximate surface area is 173 Å². The minimum atomic E-state index is -0.313. The first-order chi connectivity index (χ1) is 13.6. The predicted molar refractivity (Wildman–Crippen MR) is 110 cm³/mol. The molecular formula is C21H22ClFN4O2. The summed E-state index contributed by atoms with van der Waals surface area (Å²) in [5.74, 6) is -0.00645. The van der Waals surface area contributed by atoms with Gasteiger partial charge in [0, 0.05) is 37.2 Å². The first kappa shape index (κ1) is 19.8. The van der Waals surface area contributed by atoms with Gasteiger partial charge >= 0.3 is 0 Å². The summed E-state index contributed by atoms with van der Waals surface area (Å²) in [4.78, 5) is 20.0. The van der Waals surface area contributed by atoms with Gasteiger partial charge in [-0.1, -0.05) is 5.16 Å². The summed E-state index contributed by atoms with van der Waals surface area (Å²) in [5, 5.41) is 8.27. The largest absolute Gasteiger partial charge is 0.335 e. The second kappa shape index (κ2) is 7.72. The highest BCUT2D eigenvalue weighted by Gasteiger charge is 2.34. The van der Waals surface area contributed by atoms with E-state index in [-0.39, 0.29) is 30.2 Å². The molecule has 1 aliphatic carbocycles. The van der Waals surface area contributed by atoms with Crippen LogP contribution in [0.15, 0.2) is 34.9 Å². The zero-order valence-electron chi connectivity index (χ0n) is 16.0. The Morgan fingerprint density at radius 3 is 2.72 bits per heavy atom. The van der Waals surface area contributed by atoms with Crippen molar-refractivity contribution in [2.45, 2.75) is 31.7 Å². The predicted octanol–water partition coefficient (Wildman–Crippen LogP) is 3.76. The van der Waals surface area contributed by atoms with E-state index in [0.717, 1.165) is 42.6 Å². The van der Waals surface area contributed by atoms with Gasteiger partial charge in [-0.2, -0.15) is 0 Å². The van der Waals surface area contributed by atoms with E-state index >= 15 is 0 Å². The Kier molecular flexibility index (Phi) is 5.27. The number of aromatic nitrogens is 2. The lowest BCUT2D eigenvalue weighted by atomic mass is 10.0. The number of rotatable bonds is 3. The van der Waals surface area contributed by atoms with Crippen molar-refractivity contribution in [2.75, 3.05) is 19.6 Å². The average Bonchev–Trinajstić information content (AvgIpc) is 3.46. The smallest absolute Gasteiger partial charge is 0.259 e. The Hall–Kier alpha value is -2.51. The first-order valence-electron chi connectivity index (χ1n) is 9.70. The normalized spacial score (nSPS) is 19.2. The van der Waals surface area contributed by atoms with Crippen molar-refractivity contribution in [1.82, 2.24) is 20.4 Å². The van der Waals surface area contributed by atoms with Crippen LogP contribution in [0.3, 0.4) is 0 Å². The van der Waals surface area contributed by atoms with Crippen molar-refractivity contribution in [3.05, 3.63) is 47.4 Å². The number of piperazine rings is 1. The number of nitrogens with one attached hydrogen (secondary N) is 1. The SMILES string of the molecule is C[C@H]1CNCCN1C(=O)c1cc(-c2ccc(F)cc2)nc2onc(C3CC3)c12.Cl. The van der Waals surface area contributed by atoms with E-state index in [4.69, 9.17) is 4.52 Å². The molecule has 6 nitrogen and oxygen atoms in total. The molecule has 0 unspecified atom stereocenters. The summed E-state index contributed by atoms with van der Waals surface area (Å²) >= 11 is 0. The van der Waals surface area contributed by atoms with Crippen molar-refractivity contribution in [3.63, 3.8) is 0 Å². The van der Waals surface area contributed by atoms with Crippen LogP contribution in [0.2, 0.25) is 0 Å². The number of hydrogen-bond donors (Lipinski definition) is 1. The van der Waals surface area contributed by atoms with Crippen LogP contribution in [0, 0.1) is 5.82 Å². The van der Waals surface area contributed by atoms with Crippen molar-refractivity contribution in [3.8, 4) is 11.3 Å². The zero-order valence-corrected chi connectivity index (χ0v) is 16.8. The van der Waals surface area contributed by atoms with E-state index in [1.165, 1.54) is 12.1 Å². The molecule has 0 spiro atoms. The summed E-state index contributed by atoms with van der Waals surface area (Å²) in [5.41, 5.74) is 3.09. The minimum Gasteiger partial charge on any atom is -0.335 e. The molecule has 1 N–H and O–H groups in total. The van der Waals surface area contributed by atoms with Gasteiger partial charge in [0.2, 0.25) is 0 Å². The van der Waals surface area contributed by atoms with Gasteiger partial charge in [0.15, 0.2) is 0 Å². The van der Waals surface area contributed by atoms with Gasteiger partial charge in [-0.3, -0.25) is 4.79 Å². The molecular weight excluding hydrogens is 395 g/mol. The van der Waals surface area contributed by atoms with Gasteiger partial charge in [-0.05, 0) is 50.1 Å². The molecule has 2 aliphatic rings. The van der Waals surface area contributed by atoms with Crippen LogP contribution in [-0.2, 0) is 0 Å². The molecule has 5 rings (SSSR count). The van der Waals surface area contributed by atoms with E-state index < -0.39 is 0 Å². The summed E-state index contributed by atoms with van der Waals surface area (Å²) in [6.45, 7) is 4.23. The van der Waals surface area contributed by atoms with Gasteiger partial charge < -0.3 is 14.7 Å². The quantitative estimate of drug-likeness (QED) is 0.703. The second-order valence-corrected chi connectivity index (χ2v) is 7.64. The Balaban J connectivity index is 0.00000205. The molecule has 1 aromatic carbocycles. The van der Waals surface area contributed by atoms with Gasteiger partial charge in [0.05, 0.1) is 22.3 Å². The molecule has 1 saturated heterocycles. The lowest BCUT2D eigenvalue weighted by molar-refractivity contribution is 0.0657. The minimum absolute atomic E-state index is 0. The molecule has 8 heteroatoms. The maximum atomic E-state index is 13.5. The van der Waals surface area contributed by atoms with Crippen LogP contribution in [-0.4, -0.2) is 46.6 Å². The molecule has 29 heavy (non-hydrogen) atoms. The molecule has 1 saturated carbocycles. The topological polar surface area (TPSA) is 71.3 Å². The fourth-order valence-electron chi connectivity index (χ4n) is 3.84. The van der Waals surface area contributed by atoms with Crippen LogP contribution >= 0.6 is 12.4 Å². The third kappa shape index (κ3) is 3.60. The number of hydrogen-bond acceptors (Lipinski definition) is 5. The Bertz CT molecular complexity index is 1050. The maximum Gasteiger partial charge on any atom is 0.259 e. The van der Waals surface area contributed by atoms with E-state index in [2.05, 4.69) is 15.5 Å². The van der Waals surface area contributed by atoms with Gasteiger partial charge in [-0.15, -0.1) is 12.4 Å². The van der Waals surface area contributed by atoms with Gasteiger partial charge in [-0.25, -0.2) is 9.37 Å². The summed E-state index contributed by atoms with van der Waals surface area (Å²) < 4.78 is 18.9. The molecule has 0 bridgehead atoms. The third-order valence-electron chi connectivity index (χ3n) is 5.57. The standard InChI is InChI=1S/C21H21FN4O2.ClH/c1-12-11-23-8-9-26(12)21(27)16-10-17(13-4-6-15(22)7-5-13)24-20-18(16)19(25-28-20)14-2-3-14;/h4-7,10,12,14,23H,2-3,8-9,11H2,1H3;1H/t12-;/m0./s1. The molecule has 152 valence electrons. The number of pyridine rings is 1. The maximum absolute atomic E-state index is 13.5. The van der Waals surface area contributed by atoms with Crippen molar-refractivity contribution in [2.24, 2.45) is 0 Å². The monoisotopic (exact) mass is 416 g/mol. The fraction of sp³-hybridized carbons (Fsp3) is 0.381. The van der Waals surface area contributed by atoms with E-state index in [1.807, 2.05) is 11.8 Å². The Morgan fingerprint density at radius 1 is 1.28 bits per heavy atom. The highest BCUT2D eigenvalue weighted by Crippen LogP contribution is 2.43. The van der Waals surface area contributed by atoms with Crippen molar-refractivity contribution < 1.29 is 13.7 Å². The lowest BCUT2D eigenvalue weighted by Gasteiger charge is -2.34. The molecule has 2 aromatic heterocycles. The van der Waals surface area contributed by atoms with Gasteiger partial charge in [0.1, 0.15) is 5.82 Å². The molecule has 0 radical (unpaired) electrons. The summed E-state index contributed by atoms with van der Waals surface area (Å²) in [6.07, 6.45) is 2.11. The second-order valence-electron chi connectivity index (χ2n) is 7.64. The average molecular weight is 417 g/mol. The fourth-order valence-corrected chi connectivity index (χ4v) is 3.84. The van der Waals surface area contributed by atoms with Crippen molar-refractivity contribution in [1.29, 1.82) is 0 Å². The molecule has 2 fully saturated rings. The highest BCUT2D eigenvalue weighted by molar-refractivity contribution is 6.07. The number of carbonyl (C=O) groups excluding carboxylic acids is 1. The number of nitrogens with zero attached hydrogens (tertiary/aromatic N) is 3. The van der Waals surface area contributed by atoms with E-state index in [0.29, 0.717) is 29.4 Å². The van der Waals surface area contributed by atoms with Gasteiger partial charge in [0.25, 0.3) is 11.6 Å². The lowest BCUT2D eigenvalue weighted by Crippen LogP contribution is -2.52. The molecule has 1 amide bonds. The van der Waals surface area contributed by atoms with E-state index in [1.54, 1.807) is 18.2 Å². The van der Waals surface area contributed by atoms with Crippen LogP contribution in [0.5, 0.6) is 0 Å². The summed E-state index contributed by atoms with van der Waals surface area (Å²) in [7, 11) is 0. The zero-order chi connectivity index (χ0) is 19.3. The first-order valence-corrected chi connectivity index (χ1v) is 9.70. The number of amides is 1. The highest BCUT2D eigenvalue weighted by atomic mass is 35.5. The van der Waals surface area contributed by atoms with Crippen LogP contribution in [0.4, 0.5) is 4.39 Å². The van der Waals surface area contributed by atoms with Crippen LogP contribution < -0.4 is 5.32 Å². The number of benzene rings is 1. The molecule has 3 heterocycles. The Morgan fingerprint density at radius 2 is 2.03 bits per heavy atom. The molecule has 3 aromatic rings. The molecule has 1 atom stereocenters. The van der Waals surface area contributed by atoms with Crippen LogP contribution in [0.1, 0.15) is 41.7 Å². The van der Waals surface area contributed by atoms with E-state index in [9.17, 15) is 9.18 Å². The third-order valence-corrected chi connectivity index (χ3v) is 5.57. The molecule has 1 aliphatic heterocycles.